The van der Waals surface area contributed by atoms with Crippen molar-refractivity contribution >= 4 is 23.8 Å². The fourth-order valence-corrected chi connectivity index (χ4v) is 4.38. The topological polar surface area (TPSA) is 132 Å². The van der Waals surface area contributed by atoms with Crippen LogP contribution in [0.15, 0.2) is 24.4 Å². The summed E-state index contributed by atoms with van der Waals surface area (Å²) in [4.78, 5) is 50.6. The summed E-state index contributed by atoms with van der Waals surface area (Å²) in [6.45, 7) is -3.10. The summed E-state index contributed by atoms with van der Waals surface area (Å²) in [5, 5.41) is 8.09. The number of rotatable bonds is 6. The van der Waals surface area contributed by atoms with Crippen LogP contribution < -0.4 is 15.4 Å². The van der Waals surface area contributed by atoms with Gasteiger partial charge in [0, 0.05) is 35.7 Å². The Morgan fingerprint density at radius 3 is 2.58 bits per heavy atom. The van der Waals surface area contributed by atoms with Crippen molar-refractivity contribution in [2.45, 2.75) is 63.9 Å². The third kappa shape index (κ3) is 5.70. The average molecular weight is 541 g/mol. The van der Waals surface area contributed by atoms with Gasteiger partial charge in [-0.25, -0.2) is 18.8 Å². The Hall–Kier alpha value is -4.17. The van der Waals surface area contributed by atoms with Crippen LogP contribution in [0.5, 0.6) is 5.88 Å². The molecule has 2 aliphatic heterocycles. The second-order valence-corrected chi connectivity index (χ2v) is 8.77. The van der Waals surface area contributed by atoms with Crippen molar-refractivity contribution in [1.29, 1.82) is 0 Å². The number of hydrogen-bond donors (Lipinski definition) is 2. The summed E-state index contributed by atoms with van der Waals surface area (Å²) < 4.78 is 55.9. The second kappa shape index (κ2) is 11.5. The molecule has 3 heterocycles. The van der Waals surface area contributed by atoms with Gasteiger partial charge in [-0.3, -0.25) is 19.7 Å². The lowest BCUT2D eigenvalue weighted by Crippen LogP contribution is -2.52. The molecule has 1 saturated carbocycles. The minimum Gasteiger partial charge on any atom is -0.417 e. The Morgan fingerprint density at radius 1 is 1.18 bits per heavy atom. The Bertz CT molecular complexity index is 1230. The third-order valence-corrected chi connectivity index (χ3v) is 6.47. The molecule has 4 amide bonds. The zero-order valence-electron chi connectivity index (χ0n) is 19.8. The van der Waals surface area contributed by atoms with E-state index in [9.17, 15) is 36.9 Å². The number of benzene rings is 1. The number of halogens is 4. The van der Waals surface area contributed by atoms with E-state index >= 15 is 0 Å². The van der Waals surface area contributed by atoms with Crippen LogP contribution >= 0.6 is 0 Å². The number of aromatic nitrogens is 2. The van der Waals surface area contributed by atoms with Crippen molar-refractivity contribution in [3.8, 4) is 5.88 Å². The van der Waals surface area contributed by atoms with E-state index < -0.39 is 42.3 Å². The highest BCUT2D eigenvalue weighted by molar-refractivity contribution is 6.05. The minimum absolute atomic E-state index is 0.0253. The molecule has 1 atom stereocenters. The number of ether oxygens (including phenoxy) is 1. The molecule has 3 aliphatic rings. The van der Waals surface area contributed by atoms with Gasteiger partial charge in [-0.1, -0.05) is 12.1 Å². The van der Waals surface area contributed by atoms with Crippen LogP contribution in [0.1, 0.15) is 59.6 Å². The Labute approximate surface area is 212 Å². The number of amides is 4. The fraction of sp³-hybridized carbons (Fsp3) is 0.435. The van der Waals surface area contributed by atoms with E-state index in [4.69, 9.17) is 0 Å². The first-order valence-corrected chi connectivity index (χ1v) is 11.7. The minimum atomic E-state index is -2.77. The molecule has 38 heavy (non-hydrogen) atoms. The van der Waals surface area contributed by atoms with Crippen molar-refractivity contribution in [2.75, 3.05) is 0 Å². The molecular weight excluding hydrogens is 518 g/mol. The summed E-state index contributed by atoms with van der Waals surface area (Å²) in [6.07, 6.45) is 3.51. The van der Waals surface area contributed by atoms with Crippen LogP contribution in [0.4, 0.5) is 22.5 Å². The number of carbonyl (C=O) groups excluding carboxylic acids is 4. The van der Waals surface area contributed by atoms with Gasteiger partial charge < -0.3 is 15.0 Å². The van der Waals surface area contributed by atoms with Crippen molar-refractivity contribution in [1.82, 2.24) is 25.3 Å². The molecule has 0 radical (unpaired) electrons. The van der Waals surface area contributed by atoms with Crippen molar-refractivity contribution in [3.63, 3.8) is 0 Å². The monoisotopic (exact) mass is 541 g/mol. The van der Waals surface area contributed by atoms with Crippen molar-refractivity contribution in [2.24, 2.45) is 0 Å². The SMILES string of the molecule is FC(F)Oc1ccnn1C1CCC1.O=C1CCC(N2Cc3ccc(CNC(=O)OF)c(F)c3C2=O)C(=O)N1. The maximum Gasteiger partial charge on any atom is 0.445 e. The van der Waals surface area contributed by atoms with Gasteiger partial charge >= 0.3 is 12.7 Å². The van der Waals surface area contributed by atoms with E-state index in [-0.39, 0.29) is 49.0 Å². The molecule has 2 fully saturated rings. The normalized spacial score (nSPS) is 18.8. The van der Waals surface area contributed by atoms with Gasteiger partial charge in [0.2, 0.25) is 17.7 Å². The van der Waals surface area contributed by atoms with Crippen LogP contribution in [0.3, 0.4) is 0 Å². The summed E-state index contributed by atoms with van der Waals surface area (Å²) in [6, 6.07) is 3.72. The zero-order valence-corrected chi connectivity index (χ0v) is 19.8. The zero-order chi connectivity index (χ0) is 27.4. The molecule has 0 spiro atoms. The summed E-state index contributed by atoms with van der Waals surface area (Å²) in [7, 11) is 0. The van der Waals surface area contributed by atoms with Gasteiger partial charge in [0.25, 0.3) is 5.91 Å². The van der Waals surface area contributed by atoms with Crippen LogP contribution in [-0.4, -0.2) is 51.1 Å². The lowest BCUT2D eigenvalue weighted by Gasteiger charge is -2.29. The van der Waals surface area contributed by atoms with Crippen LogP contribution in [0, 0.1) is 5.82 Å². The van der Waals surface area contributed by atoms with Crippen LogP contribution in [0.2, 0.25) is 0 Å². The average Bonchev–Trinajstić information content (AvgIpc) is 3.42. The van der Waals surface area contributed by atoms with Crippen molar-refractivity contribution < 1.29 is 46.6 Å². The predicted octanol–water partition coefficient (Wildman–Crippen LogP) is 2.91. The van der Waals surface area contributed by atoms with E-state index in [1.54, 1.807) is 0 Å². The Balaban J connectivity index is 0.000000216. The molecule has 1 saturated heterocycles. The van der Waals surface area contributed by atoms with Crippen LogP contribution in [-0.2, 0) is 27.6 Å². The number of fused-ring (bicyclic) bond motifs is 1. The number of hydrogen-bond acceptors (Lipinski definition) is 7. The standard InChI is InChI=1S/C15H13F2N3O5.C8H10F2N2O/c16-12-7(5-18-15(24)25-17)1-2-8-6-20(14(23)11(8)12)9-3-4-10(21)19-13(9)22;9-8(10)13-7-4-5-11-12(7)6-2-1-3-6/h1-2,9H,3-6H2,(H,18,24)(H,19,21,22);4-6,8H,1-3H2. The number of imide groups is 1. The lowest BCUT2D eigenvalue weighted by atomic mass is 9.93. The lowest BCUT2D eigenvalue weighted by molar-refractivity contribution is -0.136. The first-order chi connectivity index (χ1) is 18.2. The maximum atomic E-state index is 14.6. The number of piperidine rings is 1. The van der Waals surface area contributed by atoms with E-state index in [0.29, 0.717) is 5.56 Å². The van der Waals surface area contributed by atoms with Gasteiger partial charge in [-0.15, -0.1) is 0 Å². The highest BCUT2D eigenvalue weighted by Gasteiger charge is 2.40. The summed E-state index contributed by atoms with van der Waals surface area (Å²) >= 11 is 0. The number of carbonyl (C=O) groups is 4. The van der Waals surface area contributed by atoms with Gasteiger partial charge in [0.15, 0.2) is 0 Å². The molecule has 1 aromatic heterocycles. The molecule has 0 bridgehead atoms. The predicted molar refractivity (Wildman–Crippen MR) is 119 cm³/mol. The molecule has 5 rings (SSSR count). The van der Waals surface area contributed by atoms with Gasteiger partial charge in [-0.05, 0) is 31.2 Å². The molecule has 1 aromatic carbocycles. The fourth-order valence-electron chi connectivity index (χ4n) is 4.38. The van der Waals surface area contributed by atoms with Gasteiger partial charge in [0.05, 0.1) is 17.8 Å². The molecule has 1 unspecified atom stereocenters. The first-order valence-electron chi connectivity index (χ1n) is 11.7. The second-order valence-electron chi connectivity index (χ2n) is 8.77. The highest BCUT2D eigenvalue weighted by atomic mass is 19.3. The number of nitrogens with one attached hydrogen (secondary N) is 2. The Kier molecular flexibility index (Phi) is 8.12. The molecular formula is C23H23F4N5O6. The smallest absolute Gasteiger partial charge is 0.417 e. The van der Waals surface area contributed by atoms with Crippen LogP contribution in [0.25, 0.3) is 0 Å². The third-order valence-electron chi connectivity index (χ3n) is 6.47. The summed E-state index contributed by atoms with van der Waals surface area (Å²) in [5.74, 6) is -2.36. The van der Waals surface area contributed by atoms with E-state index in [1.165, 1.54) is 34.0 Å². The summed E-state index contributed by atoms with van der Waals surface area (Å²) in [5.41, 5.74) is 0.171. The molecule has 11 nitrogen and oxygen atoms in total. The van der Waals surface area contributed by atoms with Gasteiger partial charge in [0.1, 0.15) is 11.9 Å². The Morgan fingerprint density at radius 2 is 1.95 bits per heavy atom. The first kappa shape index (κ1) is 26.9. The van der Waals surface area contributed by atoms with Crippen molar-refractivity contribution in [3.05, 3.63) is 46.9 Å². The van der Waals surface area contributed by atoms with E-state index in [2.05, 4.69) is 20.1 Å². The highest BCUT2D eigenvalue weighted by Crippen LogP contribution is 2.34. The molecule has 2 aromatic rings. The molecule has 204 valence electrons. The number of alkyl halides is 2. The molecule has 1 aliphatic carbocycles. The van der Waals surface area contributed by atoms with Gasteiger partial charge in [-0.2, -0.15) is 13.9 Å². The quantitative estimate of drug-likeness (QED) is 0.425. The largest absolute Gasteiger partial charge is 0.445 e. The van der Waals surface area contributed by atoms with E-state index in [0.717, 1.165) is 19.3 Å². The van der Waals surface area contributed by atoms with E-state index in [1.807, 2.05) is 5.32 Å². The molecule has 15 heteroatoms. The maximum absolute atomic E-state index is 14.6. The number of nitrogens with zero attached hydrogens (tertiary/aromatic N) is 3. The molecule has 2 N–H and O–H groups in total.